The smallest absolute Gasteiger partial charge is 0.326 e. The molecule has 0 saturated heterocycles. The monoisotopic (exact) mass is 270 g/mol. The number of carbonyl (C=O) groups excluding carboxylic acids is 1. The van der Waals surface area contributed by atoms with Crippen LogP contribution in [0.1, 0.15) is 12.1 Å². The number of hydrogen-bond acceptors (Lipinski definition) is 5. The Morgan fingerprint density at radius 1 is 1.42 bits per heavy atom. The summed E-state index contributed by atoms with van der Waals surface area (Å²) in [6, 6.07) is -2.51. The van der Waals surface area contributed by atoms with Crippen LogP contribution in [0.25, 0.3) is 0 Å². The van der Waals surface area contributed by atoms with E-state index >= 15 is 0 Å². The van der Waals surface area contributed by atoms with E-state index in [4.69, 9.17) is 15.9 Å². The average molecular weight is 270 g/mol. The maximum atomic E-state index is 11.5. The summed E-state index contributed by atoms with van der Waals surface area (Å²) >= 11 is 0. The maximum absolute atomic E-state index is 11.5. The van der Waals surface area contributed by atoms with Crippen molar-refractivity contribution >= 4 is 17.8 Å². The Hall–Kier alpha value is -2.42. The molecule has 0 unspecified atom stereocenters. The fourth-order valence-electron chi connectivity index (χ4n) is 1.37. The predicted molar refractivity (Wildman–Crippen MR) is 62.1 cm³/mol. The Balaban J connectivity index is 2.61. The van der Waals surface area contributed by atoms with E-state index in [2.05, 4.69) is 15.3 Å². The molecular weight excluding hydrogens is 256 g/mol. The van der Waals surface area contributed by atoms with Gasteiger partial charge in [-0.1, -0.05) is 0 Å². The second-order valence-electron chi connectivity index (χ2n) is 3.87. The van der Waals surface area contributed by atoms with Crippen molar-refractivity contribution in [2.24, 2.45) is 5.73 Å². The zero-order valence-electron chi connectivity index (χ0n) is 9.87. The number of aromatic nitrogens is 2. The van der Waals surface area contributed by atoms with Gasteiger partial charge in [-0.05, 0) is 0 Å². The number of hydrogen-bond donors (Lipinski definition) is 5. The number of H-pyrrole nitrogens is 1. The van der Waals surface area contributed by atoms with Gasteiger partial charge in [0.25, 0.3) is 0 Å². The minimum atomic E-state index is -1.29. The van der Waals surface area contributed by atoms with Crippen molar-refractivity contribution in [3.8, 4) is 0 Å². The highest BCUT2D eigenvalue weighted by Gasteiger charge is 2.25. The summed E-state index contributed by atoms with van der Waals surface area (Å²) in [7, 11) is 0. The highest BCUT2D eigenvalue weighted by Crippen LogP contribution is 2.00. The van der Waals surface area contributed by atoms with Gasteiger partial charge in [-0.3, -0.25) is 9.59 Å². The SMILES string of the molecule is N[C@@H](CC(=O)O)C(=O)N[C@@H](Cc1c[nH]cn1)C(=O)O. The lowest BCUT2D eigenvalue weighted by atomic mass is 10.1. The Bertz CT molecular complexity index is 458. The van der Waals surface area contributed by atoms with Gasteiger partial charge in [-0.25, -0.2) is 9.78 Å². The molecule has 0 aliphatic heterocycles. The molecule has 0 aliphatic carbocycles. The van der Waals surface area contributed by atoms with Gasteiger partial charge in [-0.15, -0.1) is 0 Å². The van der Waals surface area contributed by atoms with Crippen molar-refractivity contribution in [1.29, 1.82) is 0 Å². The van der Waals surface area contributed by atoms with Crippen LogP contribution in [0.15, 0.2) is 12.5 Å². The summed E-state index contributed by atoms with van der Waals surface area (Å²) < 4.78 is 0. The van der Waals surface area contributed by atoms with Gasteiger partial charge in [0.15, 0.2) is 0 Å². The molecular formula is C10H14N4O5. The lowest BCUT2D eigenvalue weighted by Crippen LogP contribution is -2.49. The van der Waals surface area contributed by atoms with Crippen molar-refractivity contribution in [2.75, 3.05) is 0 Å². The first-order chi connectivity index (χ1) is 8.90. The Labute approximate surface area is 107 Å². The lowest BCUT2D eigenvalue weighted by molar-refractivity contribution is -0.142. The first-order valence-electron chi connectivity index (χ1n) is 5.38. The minimum absolute atomic E-state index is 0.0234. The summed E-state index contributed by atoms with van der Waals surface area (Å²) in [5.41, 5.74) is 5.79. The molecule has 0 saturated carbocycles. The number of aliphatic carboxylic acids is 2. The van der Waals surface area contributed by atoms with Gasteiger partial charge in [0.2, 0.25) is 5.91 Å². The fraction of sp³-hybridized carbons (Fsp3) is 0.400. The second-order valence-corrected chi connectivity index (χ2v) is 3.87. The fourth-order valence-corrected chi connectivity index (χ4v) is 1.37. The second kappa shape index (κ2) is 6.50. The van der Waals surface area contributed by atoms with Gasteiger partial charge in [-0.2, -0.15) is 0 Å². The molecule has 1 amide bonds. The third-order valence-corrected chi connectivity index (χ3v) is 2.31. The van der Waals surface area contributed by atoms with E-state index in [1.54, 1.807) is 0 Å². The van der Waals surface area contributed by atoms with E-state index in [0.717, 1.165) is 0 Å². The number of carbonyl (C=O) groups is 3. The van der Waals surface area contributed by atoms with E-state index in [-0.39, 0.29) is 6.42 Å². The molecule has 6 N–H and O–H groups in total. The van der Waals surface area contributed by atoms with E-state index in [0.29, 0.717) is 5.69 Å². The molecule has 0 spiro atoms. The van der Waals surface area contributed by atoms with E-state index in [1.807, 2.05) is 0 Å². The summed E-state index contributed by atoms with van der Waals surface area (Å²) in [5, 5.41) is 19.6. The molecule has 0 fully saturated rings. The molecule has 9 heteroatoms. The van der Waals surface area contributed by atoms with E-state index < -0.39 is 36.4 Å². The molecule has 1 aromatic rings. The number of nitrogens with zero attached hydrogens (tertiary/aromatic N) is 1. The predicted octanol–water partition coefficient (Wildman–Crippen LogP) is -1.68. The number of amides is 1. The van der Waals surface area contributed by atoms with Gasteiger partial charge in [0.1, 0.15) is 6.04 Å². The molecule has 0 aromatic carbocycles. The highest BCUT2D eigenvalue weighted by atomic mass is 16.4. The zero-order valence-corrected chi connectivity index (χ0v) is 9.87. The van der Waals surface area contributed by atoms with E-state index in [9.17, 15) is 14.4 Å². The standard InChI is InChI=1S/C10H14N4O5/c11-6(2-8(15)16)9(17)14-7(10(18)19)1-5-3-12-4-13-5/h3-4,6-7H,1-2,11H2,(H,12,13)(H,14,17)(H,15,16)(H,18,19)/t6-,7-/m0/s1. The van der Waals surface area contributed by atoms with Crippen LogP contribution in [-0.4, -0.2) is 50.1 Å². The average Bonchev–Trinajstić information content (AvgIpc) is 2.79. The molecule has 19 heavy (non-hydrogen) atoms. The van der Waals surface area contributed by atoms with Crippen LogP contribution in [0.2, 0.25) is 0 Å². The van der Waals surface area contributed by atoms with Crippen molar-refractivity contribution in [3.63, 3.8) is 0 Å². The third kappa shape index (κ3) is 4.76. The minimum Gasteiger partial charge on any atom is -0.481 e. The quantitative estimate of drug-likeness (QED) is 0.396. The third-order valence-electron chi connectivity index (χ3n) is 2.31. The van der Waals surface area contributed by atoms with Crippen LogP contribution in [-0.2, 0) is 20.8 Å². The number of aromatic amines is 1. The molecule has 9 nitrogen and oxygen atoms in total. The normalized spacial score (nSPS) is 13.5. The topological polar surface area (TPSA) is 158 Å². The summed E-state index contributed by atoms with van der Waals surface area (Å²) in [6.07, 6.45) is 2.29. The highest BCUT2D eigenvalue weighted by molar-refractivity contribution is 5.89. The molecule has 2 atom stereocenters. The van der Waals surface area contributed by atoms with Crippen molar-refractivity contribution in [2.45, 2.75) is 24.9 Å². The summed E-state index contributed by atoms with van der Waals surface area (Å²) in [5.74, 6) is -3.31. The van der Waals surface area contributed by atoms with Crippen molar-refractivity contribution < 1.29 is 24.6 Å². The van der Waals surface area contributed by atoms with Gasteiger partial charge in [0.05, 0.1) is 24.5 Å². The Kier molecular flexibility index (Phi) is 5.01. The zero-order chi connectivity index (χ0) is 14.4. The van der Waals surface area contributed by atoms with Crippen LogP contribution < -0.4 is 11.1 Å². The molecule has 0 bridgehead atoms. The van der Waals surface area contributed by atoms with Crippen LogP contribution in [0.3, 0.4) is 0 Å². The number of rotatable bonds is 7. The molecule has 1 heterocycles. The first kappa shape index (κ1) is 14.6. The Morgan fingerprint density at radius 2 is 2.11 bits per heavy atom. The molecule has 1 aromatic heterocycles. The number of carboxylic acids is 2. The summed E-state index contributed by atoms with van der Waals surface area (Å²) in [6.45, 7) is 0. The molecule has 0 aliphatic rings. The summed E-state index contributed by atoms with van der Waals surface area (Å²) in [4.78, 5) is 39.4. The number of carboxylic acid groups (broad SMARTS) is 2. The molecule has 0 radical (unpaired) electrons. The number of nitrogens with one attached hydrogen (secondary N) is 2. The van der Waals surface area contributed by atoms with Crippen LogP contribution in [0.5, 0.6) is 0 Å². The van der Waals surface area contributed by atoms with Crippen molar-refractivity contribution in [1.82, 2.24) is 15.3 Å². The van der Waals surface area contributed by atoms with Gasteiger partial charge >= 0.3 is 11.9 Å². The molecule has 104 valence electrons. The number of nitrogens with two attached hydrogens (primary N) is 1. The van der Waals surface area contributed by atoms with Crippen LogP contribution in [0, 0.1) is 0 Å². The maximum Gasteiger partial charge on any atom is 0.326 e. The van der Waals surface area contributed by atoms with Gasteiger partial charge in [0, 0.05) is 12.6 Å². The van der Waals surface area contributed by atoms with Crippen molar-refractivity contribution in [3.05, 3.63) is 18.2 Å². The van der Waals surface area contributed by atoms with Crippen LogP contribution >= 0.6 is 0 Å². The lowest BCUT2D eigenvalue weighted by Gasteiger charge is -2.16. The van der Waals surface area contributed by atoms with Gasteiger partial charge < -0.3 is 26.2 Å². The van der Waals surface area contributed by atoms with E-state index in [1.165, 1.54) is 12.5 Å². The Morgan fingerprint density at radius 3 is 2.58 bits per heavy atom. The molecule has 1 rings (SSSR count). The largest absolute Gasteiger partial charge is 0.481 e. The number of imidazole rings is 1. The first-order valence-corrected chi connectivity index (χ1v) is 5.38. The van der Waals surface area contributed by atoms with Crippen LogP contribution in [0.4, 0.5) is 0 Å².